The second-order valence-electron chi connectivity index (χ2n) is 6.34. The molecule has 0 fully saturated rings. The molecule has 4 heteroatoms. The van der Waals surface area contributed by atoms with E-state index >= 15 is 0 Å². The minimum atomic E-state index is -0.0753. The molecule has 136 valence electrons. The van der Waals surface area contributed by atoms with Gasteiger partial charge in [-0.2, -0.15) is 0 Å². The van der Waals surface area contributed by atoms with E-state index in [-0.39, 0.29) is 6.10 Å². The summed E-state index contributed by atoms with van der Waals surface area (Å²) in [7, 11) is 0. The predicted molar refractivity (Wildman–Crippen MR) is 106 cm³/mol. The monoisotopic (exact) mass is 359 g/mol. The Morgan fingerprint density at radius 1 is 0.926 bits per heavy atom. The third-order valence-corrected chi connectivity index (χ3v) is 4.22. The van der Waals surface area contributed by atoms with Crippen LogP contribution < -0.4 is 14.2 Å². The minimum absolute atomic E-state index is 0.0753. The first-order valence-corrected chi connectivity index (χ1v) is 9.02. The molecule has 3 aromatic rings. The SMILES string of the molecule is C(=NCC1COc2ccccc2O1)c1cccc(OCc2ccccc2)c1. The van der Waals surface area contributed by atoms with E-state index in [0.29, 0.717) is 19.8 Å². The fourth-order valence-corrected chi connectivity index (χ4v) is 2.85. The lowest BCUT2D eigenvalue weighted by Gasteiger charge is -2.25. The highest BCUT2D eigenvalue weighted by Crippen LogP contribution is 2.30. The number of hydrogen-bond acceptors (Lipinski definition) is 4. The van der Waals surface area contributed by atoms with Crippen LogP contribution in [0.1, 0.15) is 11.1 Å². The summed E-state index contributed by atoms with van der Waals surface area (Å²) in [5.74, 6) is 2.40. The first kappa shape index (κ1) is 17.2. The van der Waals surface area contributed by atoms with E-state index in [1.807, 2.05) is 72.9 Å². The third-order valence-electron chi connectivity index (χ3n) is 4.22. The van der Waals surface area contributed by atoms with Gasteiger partial charge in [-0.15, -0.1) is 0 Å². The number of para-hydroxylation sites is 2. The van der Waals surface area contributed by atoms with Crippen molar-refractivity contribution in [2.75, 3.05) is 13.2 Å². The third kappa shape index (κ3) is 4.67. The predicted octanol–water partition coefficient (Wildman–Crippen LogP) is 4.52. The maximum absolute atomic E-state index is 5.92. The first-order valence-electron chi connectivity index (χ1n) is 9.02. The Balaban J connectivity index is 1.32. The van der Waals surface area contributed by atoms with E-state index in [1.54, 1.807) is 0 Å². The molecule has 4 rings (SSSR count). The minimum Gasteiger partial charge on any atom is -0.489 e. The second kappa shape index (κ2) is 8.41. The Morgan fingerprint density at radius 2 is 1.74 bits per heavy atom. The molecule has 0 bridgehead atoms. The van der Waals surface area contributed by atoms with Gasteiger partial charge in [0.05, 0.1) is 6.54 Å². The van der Waals surface area contributed by atoms with E-state index in [2.05, 4.69) is 17.1 Å². The highest BCUT2D eigenvalue weighted by atomic mass is 16.6. The number of ether oxygens (including phenoxy) is 3. The van der Waals surface area contributed by atoms with E-state index in [1.165, 1.54) is 0 Å². The molecule has 1 unspecified atom stereocenters. The van der Waals surface area contributed by atoms with Crippen molar-refractivity contribution in [2.24, 2.45) is 4.99 Å². The maximum Gasteiger partial charge on any atom is 0.161 e. The van der Waals surface area contributed by atoms with Crippen LogP contribution in [0.15, 0.2) is 83.9 Å². The molecular weight excluding hydrogens is 338 g/mol. The molecule has 0 spiro atoms. The summed E-state index contributed by atoms with van der Waals surface area (Å²) in [6.07, 6.45) is 1.77. The van der Waals surface area contributed by atoms with E-state index in [4.69, 9.17) is 14.2 Å². The Hall–Kier alpha value is -3.27. The quantitative estimate of drug-likeness (QED) is 0.607. The fourth-order valence-electron chi connectivity index (χ4n) is 2.85. The Morgan fingerprint density at radius 3 is 2.63 bits per heavy atom. The van der Waals surface area contributed by atoms with Crippen molar-refractivity contribution >= 4 is 6.21 Å². The number of hydrogen-bond donors (Lipinski definition) is 0. The highest BCUT2D eigenvalue weighted by molar-refractivity contribution is 5.80. The summed E-state index contributed by atoms with van der Waals surface area (Å²) in [5, 5.41) is 0. The van der Waals surface area contributed by atoms with Crippen LogP contribution >= 0.6 is 0 Å². The standard InChI is InChI=1S/C23H21NO3/c1-2-7-18(8-3-1)16-25-20-10-6-9-19(13-20)14-24-15-21-17-26-22-11-4-5-12-23(22)27-21/h1-14,21H,15-17H2. The van der Waals surface area contributed by atoms with Gasteiger partial charge in [0.2, 0.25) is 0 Å². The largest absolute Gasteiger partial charge is 0.489 e. The molecule has 0 aliphatic carbocycles. The zero-order valence-corrected chi connectivity index (χ0v) is 15.0. The van der Waals surface area contributed by atoms with E-state index in [0.717, 1.165) is 28.4 Å². The van der Waals surface area contributed by atoms with Crippen molar-refractivity contribution in [2.45, 2.75) is 12.7 Å². The lowest BCUT2D eigenvalue weighted by atomic mass is 10.2. The van der Waals surface area contributed by atoms with Crippen LogP contribution in [0.3, 0.4) is 0 Å². The average Bonchev–Trinajstić information content (AvgIpc) is 2.73. The van der Waals surface area contributed by atoms with Crippen LogP contribution in [0, 0.1) is 0 Å². The van der Waals surface area contributed by atoms with Crippen molar-refractivity contribution in [1.29, 1.82) is 0 Å². The van der Waals surface area contributed by atoms with E-state index in [9.17, 15) is 0 Å². The van der Waals surface area contributed by atoms with Gasteiger partial charge in [0.1, 0.15) is 19.0 Å². The molecule has 0 amide bonds. The highest BCUT2D eigenvalue weighted by Gasteiger charge is 2.19. The molecule has 0 saturated heterocycles. The molecule has 1 atom stereocenters. The van der Waals surface area contributed by atoms with Crippen molar-refractivity contribution in [3.8, 4) is 17.2 Å². The van der Waals surface area contributed by atoms with Crippen LogP contribution in [0.2, 0.25) is 0 Å². The van der Waals surface area contributed by atoms with Gasteiger partial charge in [0.15, 0.2) is 17.6 Å². The summed E-state index contributed by atoms with van der Waals surface area (Å²) < 4.78 is 17.5. The summed E-state index contributed by atoms with van der Waals surface area (Å²) in [5.41, 5.74) is 2.14. The van der Waals surface area contributed by atoms with Crippen molar-refractivity contribution in [3.63, 3.8) is 0 Å². The van der Waals surface area contributed by atoms with Crippen molar-refractivity contribution in [1.82, 2.24) is 0 Å². The number of aliphatic imine (C=N–C) groups is 1. The number of fused-ring (bicyclic) bond motifs is 1. The number of benzene rings is 3. The number of rotatable bonds is 6. The topological polar surface area (TPSA) is 40.0 Å². The molecule has 0 aromatic heterocycles. The van der Waals surface area contributed by atoms with Crippen LogP contribution in [0.5, 0.6) is 17.2 Å². The lowest BCUT2D eigenvalue weighted by Crippen LogP contribution is -2.31. The Kier molecular flexibility index (Phi) is 5.34. The summed E-state index contributed by atoms with van der Waals surface area (Å²) >= 11 is 0. The van der Waals surface area contributed by atoms with Gasteiger partial charge in [-0.3, -0.25) is 4.99 Å². The van der Waals surface area contributed by atoms with Crippen LogP contribution in [-0.4, -0.2) is 25.5 Å². The van der Waals surface area contributed by atoms with Gasteiger partial charge in [-0.25, -0.2) is 0 Å². The smallest absolute Gasteiger partial charge is 0.161 e. The fraction of sp³-hybridized carbons (Fsp3) is 0.174. The van der Waals surface area contributed by atoms with Crippen LogP contribution in [0.4, 0.5) is 0 Å². The molecule has 1 aliphatic rings. The second-order valence-corrected chi connectivity index (χ2v) is 6.34. The zero-order chi connectivity index (χ0) is 18.3. The number of nitrogens with zero attached hydrogens (tertiary/aromatic N) is 1. The van der Waals surface area contributed by atoms with Crippen LogP contribution in [0.25, 0.3) is 0 Å². The summed E-state index contributed by atoms with van der Waals surface area (Å²) in [4.78, 5) is 4.51. The molecule has 3 aromatic carbocycles. The Bertz CT molecular complexity index is 908. The molecule has 0 saturated carbocycles. The average molecular weight is 359 g/mol. The molecule has 4 nitrogen and oxygen atoms in total. The normalized spacial score (nSPS) is 15.6. The van der Waals surface area contributed by atoms with Crippen molar-refractivity contribution < 1.29 is 14.2 Å². The van der Waals surface area contributed by atoms with Gasteiger partial charge in [0, 0.05) is 6.21 Å². The Labute approximate surface area is 159 Å². The zero-order valence-electron chi connectivity index (χ0n) is 15.0. The van der Waals surface area contributed by atoms with Gasteiger partial charge >= 0.3 is 0 Å². The summed E-state index contributed by atoms with van der Waals surface area (Å²) in [6.45, 7) is 1.60. The molecule has 1 heterocycles. The van der Waals surface area contributed by atoms with Crippen molar-refractivity contribution in [3.05, 3.63) is 90.0 Å². The molecule has 0 radical (unpaired) electrons. The van der Waals surface area contributed by atoms with Gasteiger partial charge in [0.25, 0.3) is 0 Å². The van der Waals surface area contributed by atoms with Gasteiger partial charge < -0.3 is 14.2 Å². The first-order chi connectivity index (χ1) is 13.4. The lowest BCUT2D eigenvalue weighted by molar-refractivity contribution is 0.0973. The van der Waals surface area contributed by atoms with Gasteiger partial charge in [-0.1, -0.05) is 54.6 Å². The summed E-state index contributed by atoms with van der Waals surface area (Å²) in [6, 6.07) is 25.7. The maximum atomic E-state index is 5.92. The molecule has 1 aliphatic heterocycles. The molecular formula is C23H21NO3. The van der Waals surface area contributed by atoms with E-state index < -0.39 is 0 Å². The van der Waals surface area contributed by atoms with Gasteiger partial charge in [-0.05, 0) is 35.4 Å². The molecule has 27 heavy (non-hydrogen) atoms. The van der Waals surface area contributed by atoms with Crippen LogP contribution in [-0.2, 0) is 6.61 Å². The molecule has 0 N–H and O–H groups in total.